The molecule has 0 aromatic carbocycles. The van der Waals surface area contributed by atoms with Crippen molar-refractivity contribution in [3.05, 3.63) is 71.0 Å². The van der Waals surface area contributed by atoms with Crippen LogP contribution >= 0.6 is 11.8 Å². The first-order valence-corrected chi connectivity index (χ1v) is 11.4. The van der Waals surface area contributed by atoms with Crippen LogP contribution in [0, 0.1) is 5.95 Å². The van der Waals surface area contributed by atoms with Crippen LogP contribution in [0.25, 0.3) is 0 Å². The van der Waals surface area contributed by atoms with Crippen LogP contribution in [0.15, 0.2) is 59.5 Å². The Morgan fingerprint density at radius 3 is 2.70 bits per heavy atom. The third-order valence-corrected chi connectivity index (χ3v) is 7.70. The van der Waals surface area contributed by atoms with Gasteiger partial charge in [0, 0.05) is 56.3 Å². The Balaban J connectivity index is 1.38. The lowest BCUT2D eigenvalue weighted by atomic mass is 10.1. The minimum absolute atomic E-state index is 0.122. The van der Waals surface area contributed by atoms with Gasteiger partial charge < -0.3 is 14.7 Å². The molecule has 0 aliphatic carbocycles. The number of hydrogen-bond donors (Lipinski definition) is 0. The van der Waals surface area contributed by atoms with Crippen molar-refractivity contribution in [1.82, 2.24) is 14.9 Å². The quantitative estimate of drug-likeness (QED) is 0.652. The van der Waals surface area contributed by atoms with Gasteiger partial charge >= 0.3 is 0 Å². The number of halogens is 1. The van der Waals surface area contributed by atoms with Crippen molar-refractivity contribution in [2.75, 3.05) is 36.5 Å². The highest BCUT2D eigenvalue weighted by molar-refractivity contribution is 8.03. The van der Waals surface area contributed by atoms with E-state index in [0.29, 0.717) is 5.56 Å². The lowest BCUT2D eigenvalue weighted by molar-refractivity contribution is 0.380. The molecule has 0 N–H and O–H groups in total. The normalized spacial score (nSPS) is 22.0. The number of nitrogens with zero attached hydrogens (tertiary/aromatic N) is 5. The van der Waals surface area contributed by atoms with Gasteiger partial charge in [-0.05, 0) is 43.5 Å². The van der Waals surface area contributed by atoms with Crippen molar-refractivity contribution >= 4 is 23.3 Å². The molecule has 2 aromatic heterocycles. The molecule has 5 nitrogen and oxygen atoms in total. The standard InChI is InChI=1S/C23H26FN5S/c1-16-21-19(10-14-29(16)17-7-6-11-25-15-17)27(2)23(30-21)18-8-9-20(26-22(18)24)28-12-4-3-5-13-28/h6-9,11,15,23H,1,3-5,10,12-14H2,2H3. The Morgan fingerprint density at radius 2 is 1.97 bits per heavy atom. The van der Waals surface area contributed by atoms with Crippen LogP contribution in [0.3, 0.4) is 0 Å². The molecule has 2 aromatic rings. The van der Waals surface area contributed by atoms with E-state index in [1.54, 1.807) is 18.0 Å². The molecule has 3 aliphatic rings. The lowest BCUT2D eigenvalue weighted by Crippen LogP contribution is -2.31. The van der Waals surface area contributed by atoms with Crippen LogP contribution in [-0.4, -0.2) is 41.5 Å². The molecule has 1 atom stereocenters. The van der Waals surface area contributed by atoms with Crippen LogP contribution < -0.4 is 9.80 Å². The van der Waals surface area contributed by atoms with Gasteiger partial charge in [0.05, 0.1) is 16.8 Å². The Bertz CT molecular complexity index is 986. The van der Waals surface area contributed by atoms with Crippen LogP contribution in [0.4, 0.5) is 15.9 Å². The molecule has 7 heteroatoms. The third-order valence-electron chi connectivity index (χ3n) is 6.20. The molecule has 1 saturated heterocycles. The van der Waals surface area contributed by atoms with Crippen molar-refractivity contribution in [3.63, 3.8) is 0 Å². The molecule has 5 rings (SSSR count). The van der Waals surface area contributed by atoms with Crippen LogP contribution in [0.2, 0.25) is 0 Å². The number of aromatic nitrogens is 2. The van der Waals surface area contributed by atoms with Crippen molar-refractivity contribution in [2.24, 2.45) is 0 Å². The molecule has 0 bridgehead atoms. The van der Waals surface area contributed by atoms with Crippen LogP contribution in [0.1, 0.15) is 36.6 Å². The molecule has 0 spiro atoms. The summed E-state index contributed by atoms with van der Waals surface area (Å²) in [5, 5.41) is -0.122. The van der Waals surface area contributed by atoms with Gasteiger partial charge in [-0.3, -0.25) is 4.98 Å². The monoisotopic (exact) mass is 423 g/mol. The first kappa shape index (κ1) is 19.4. The second-order valence-corrected chi connectivity index (χ2v) is 9.10. The fourth-order valence-electron chi connectivity index (χ4n) is 4.55. The summed E-state index contributed by atoms with van der Waals surface area (Å²) in [4.78, 5) is 16.3. The van der Waals surface area contributed by atoms with E-state index >= 15 is 4.39 Å². The predicted molar refractivity (Wildman–Crippen MR) is 121 cm³/mol. The Hall–Kier alpha value is -2.54. The summed E-state index contributed by atoms with van der Waals surface area (Å²) in [6.07, 6.45) is 8.08. The minimum atomic E-state index is -0.364. The number of piperidine rings is 1. The molecule has 3 aliphatic heterocycles. The van der Waals surface area contributed by atoms with Crippen molar-refractivity contribution < 1.29 is 4.39 Å². The highest BCUT2D eigenvalue weighted by atomic mass is 32.2. The molecule has 5 heterocycles. The molecule has 156 valence electrons. The zero-order valence-corrected chi connectivity index (χ0v) is 18.0. The van der Waals surface area contributed by atoms with E-state index in [0.717, 1.165) is 61.0 Å². The van der Waals surface area contributed by atoms with E-state index in [1.807, 2.05) is 37.5 Å². The molecule has 30 heavy (non-hydrogen) atoms. The molecular weight excluding hydrogens is 397 g/mol. The number of rotatable bonds is 3. The largest absolute Gasteiger partial charge is 0.360 e. The Morgan fingerprint density at radius 1 is 1.13 bits per heavy atom. The van der Waals surface area contributed by atoms with Gasteiger partial charge in [-0.15, -0.1) is 0 Å². The zero-order valence-electron chi connectivity index (χ0n) is 17.2. The maximum Gasteiger partial charge on any atom is 0.220 e. The number of hydrogen-bond acceptors (Lipinski definition) is 6. The highest BCUT2D eigenvalue weighted by Crippen LogP contribution is 2.53. The maximum absolute atomic E-state index is 15.1. The lowest BCUT2D eigenvalue weighted by Gasteiger charge is -2.32. The van der Waals surface area contributed by atoms with Gasteiger partial charge in [0.2, 0.25) is 5.95 Å². The molecule has 1 fully saturated rings. The van der Waals surface area contributed by atoms with Crippen LogP contribution in [0.5, 0.6) is 0 Å². The molecule has 1 unspecified atom stereocenters. The van der Waals surface area contributed by atoms with E-state index in [2.05, 4.69) is 31.2 Å². The van der Waals surface area contributed by atoms with E-state index < -0.39 is 0 Å². The van der Waals surface area contributed by atoms with Crippen LogP contribution in [-0.2, 0) is 0 Å². The summed E-state index contributed by atoms with van der Waals surface area (Å²) in [5.41, 5.74) is 3.87. The number of anilines is 2. The SMILES string of the molecule is C=C1C2=C(CCN1c1cccnc1)N(C)C(c1ccc(N3CCCCC3)nc1F)S2. The summed E-state index contributed by atoms with van der Waals surface area (Å²) < 4.78 is 15.1. The first-order chi connectivity index (χ1) is 14.6. The smallest absolute Gasteiger partial charge is 0.220 e. The van der Waals surface area contributed by atoms with E-state index in [4.69, 9.17) is 0 Å². The first-order valence-electron chi connectivity index (χ1n) is 10.5. The topological polar surface area (TPSA) is 35.5 Å². The van der Waals surface area contributed by atoms with Gasteiger partial charge in [-0.25, -0.2) is 4.98 Å². The van der Waals surface area contributed by atoms with Gasteiger partial charge in [-0.2, -0.15) is 4.39 Å². The molecule has 0 radical (unpaired) electrons. The second kappa shape index (κ2) is 7.95. The van der Waals surface area contributed by atoms with Crippen molar-refractivity contribution in [3.8, 4) is 0 Å². The van der Waals surface area contributed by atoms with Crippen molar-refractivity contribution in [2.45, 2.75) is 31.1 Å². The van der Waals surface area contributed by atoms with Gasteiger partial charge in [0.1, 0.15) is 11.2 Å². The fraction of sp³-hybridized carbons (Fsp3) is 0.391. The number of pyridine rings is 2. The Labute approximate surface area is 181 Å². The summed E-state index contributed by atoms with van der Waals surface area (Å²) >= 11 is 1.67. The minimum Gasteiger partial charge on any atom is -0.360 e. The van der Waals surface area contributed by atoms with Crippen molar-refractivity contribution in [1.29, 1.82) is 0 Å². The van der Waals surface area contributed by atoms with Gasteiger partial charge in [0.15, 0.2) is 0 Å². The second-order valence-electron chi connectivity index (χ2n) is 8.01. The number of thioether (sulfide) groups is 1. The summed E-state index contributed by atoms with van der Waals surface area (Å²) in [6, 6.07) is 7.88. The molecule has 0 saturated carbocycles. The average molecular weight is 424 g/mol. The Kier molecular flexibility index (Phi) is 5.15. The zero-order chi connectivity index (χ0) is 20.7. The summed E-state index contributed by atoms with van der Waals surface area (Å²) in [7, 11) is 2.05. The third kappa shape index (κ3) is 3.35. The molecular formula is C23H26FN5S. The van der Waals surface area contributed by atoms with E-state index in [1.165, 1.54) is 12.1 Å². The van der Waals surface area contributed by atoms with E-state index in [9.17, 15) is 0 Å². The summed E-state index contributed by atoms with van der Waals surface area (Å²) in [5.74, 6) is 0.392. The average Bonchev–Trinajstić information content (AvgIpc) is 3.12. The highest BCUT2D eigenvalue weighted by Gasteiger charge is 2.38. The van der Waals surface area contributed by atoms with Gasteiger partial charge in [0.25, 0.3) is 0 Å². The predicted octanol–water partition coefficient (Wildman–Crippen LogP) is 4.92. The molecule has 0 amide bonds. The fourth-order valence-corrected chi connectivity index (χ4v) is 5.99. The maximum atomic E-state index is 15.1. The van der Waals surface area contributed by atoms with E-state index in [-0.39, 0.29) is 11.3 Å². The summed E-state index contributed by atoms with van der Waals surface area (Å²) in [6.45, 7) is 7.12. The van der Waals surface area contributed by atoms with Gasteiger partial charge in [-0.1, -0.05) is 18.3 Å².